The number of carbonyl (C=O) groups is 4. The van der Waals surface area contributed by atoms with Crippen LogP contribution in [0.3, 0.4) is 0 Å². The van der Waals surface area contributed by atoms with Gasteiger partial charge in [0, 0.05) is 11.5 Å². The number of anilines is 1. The summed E-state index contributed by atoms with van der Waals surface area (Å²) in [6.07, 6.45) is 0.0563. The number of ketones is 2. The molecule has 4 atom stereocenters. The number of aliphatic hydroxyl groups excluding tert-OH is 2. The molecule has 0 radical (unpaired) electrons. The summed E-state index contributed by atoms with van der Waals surface area (Å²) in [6.45, 7) is 0. The number of Topliss-reactive ketones (excluding diaryl/α,β-unsaturated/α-hetero) is 2. The molecule has 11 nitrogen and oxygen atoms in total. The third kappa shape index (κ3) is 4.16. The van der Waals surface area contributed by atoms with Crippen molar-refractivity contribution in [1.29, 1.82) is 0 Å². The summed E-state index contributed by atoms with van der Waals surface area (Å²) in [5.41, 5.74) is 1.30. The second-order valence-corrected chi connectivity index (χ2v) is 10.2. The van der Waals surface area contributed by atoms with Crippen LogP contribution in [0.15, 0.2) is 28.7 Å². The predicted molar refractivity (Wildman–Crippen MR) is 141 cm³/mol. The molecule has 7 N–H and O–H groups in total. The van der Waals surface area contributed by atoms with Crippen molar-refractivity contribution in [3.8, 4) is 5.75 Å². The van der Waals surface area contributed by atoms with E-state index < -0.39 is 69.7 Å². The molecule has 3 aliphatic carbocycles. The number of nitrogens with zero attached hydrogens (tertiary/aromatic N) is 1. The normalized spacial score (nSPS) is 26.8. The molecule has 200 valence electrons. The van der Waals surface area contributed by atoms with Gasteiger partial charge >= 0.3 is 0 Å². The van der Waals surface area contributed by atoms with Gasteiger partial charge in [-0.05, 0) is 44.5 Å². The van der Waals surface area contributed by atoms with Crippen LogP contribution in [-0.2, 0) is 20.8 Å². The minimum absolute atomic E-state index is 0. The lowest BCUT2D eigenvalue weighted by Crippen LogP contribution is -2.63. The predicted octanol–water partition coefficient (Wildman–Crippen LogP) is 1.69. The van der Waals surface area contributed by atoms with Crippen molar-refractivity contribution in [2.45, 2.75) is 24.5 Å². The number of nitrogens with one attached hydrogen (secondary N) is 1. The third-order valence-corrected chi connectivity index (χ3v) is 7.86. The number of aliphatic hydroxyl groups is 3. The van der Waals surface area contributed by atoms with Crippen LogP contribution in [0, 0.1) is 11.8 Å². The van der Waals surface area contributed by atoms with Crippen molar-refractivity contribution in [1.82, 2.24) is 4.90 Å². The van der Waals surface area contributed by atoms with Crippen LogP contribution in [0.25, 0.3) is 0 Å². The lowest BCUT2D eigenvalue weighted by molar-refractivity contribution is -0.148. The van der Waals surface area contributed by atoms with Crippen molar-refractivity contribution < 1.29 is 39.6 Å². The summed E-state index contributed by atoms with van der Waals surface area (Å²) in [4.78, 5) is 52.2. The van der Waals surface area contributed by atoms with Crippen LogP contribution in [0.5, 0.6) is 5.75 Å². The van der Waals surface area contributed by atoms with Crippen LogP contribution < -0.4 is 11.1 Å². The highest BCUT2D eigenvalue weighted by molar-refractivity contribution is 9.09. The van der Waals surface area contributed by atoms with E-state index in [0.717, 1.165) is 0 Å². The topological polar surface area (TPSA) is 190 Å². The van der Waals surface area contributed by atoms with Gasteiger partial charge in [0.1, 0.15) is 22.8 Å². The van der Waals surface area contributed by atoms with E-state index >= 15 is 0 Å². The standard InChI is InChI=1S/C23H23BrClN3O8.BrH/c1-28(2)16-9-4-7-3-8-5-10(25)15(27-11(29)6-24)18(31)12(8)17(30)13(7)20(33)23(9,36)21(34)14(19(16)32)22(26)35;/h5,7,9,16,31-33,36H,3-4,6H2,1-2H3,(H2,26,35)(H,27,29);1H/t7?,9?,16-,23?;/m0./s1. The van der Waals surface area contributed by atoms with Crippen molar-refractivity contribution in [3.05, 3.63) is 44.9 Å². The van der Waals surface area contributed by atoms with E-state index in [4.69, 9.17) is 17.3 Å². The molecule has 0 fully saturated rings. The van der Waals surface area contributed by atoms with Crippen LogP contribution in [0.4, 0.5) is 5.69 Å². The number of alkyl halides is 1. The molecule has 1 aromatic carbocycles. The van der Waals surface area contributed by atoms with Gasteiger partial charge in [-0.25, -0.2) is 0 Å². The highest BCUT2D eigenvalue weighted by Crippen LogP contribution is 2.53. The number of likely N-dealkylation sites (N-methyl/N-ethyl adjacent to an activating group) is 1. The number of rotatable bonds is 4. The quantitative estimate of drug-likeness (QED) is 0.158. The zero-order valence-electron chi connectivity index (χ0n) is 19.5. The van der Waals surface area contributed by atoms with Crippen LogP contribution in [0.1, 0.15) is 22.3 Å². The SMILES string of the molecule is Br.CN(C)[C@@H]1C(O)=C(C(N)=O)C(=O)C2(O)C(O)=C3C(=O)c4c(cc(Cl)c(NC(=O)CBr)c4O)CC3CC12. The van der Waals surface area contributed by atoms with Crippen molar-refractivity contribution in [2.24, 2.45) is 17.6 Å². The number of halogens is 3. The average Bonchev–Trinajstić information content (AvgIpc) is 2.78. The Bertz CT molecular complexity index is 1310. The fourth-order valence-electron chi connectivity index (χ4n) is 5.56. The van der Waals surface area contributed by atoms with E-state index in [1.807, 2.05) is 0 Å². The van der Waals surface area contributed by atoms with Crippen LogP contribution in [0.2, 0.25) is 5.02 Å². The molecule has 3 aliphatic rings. The van der Waals surface area contributed by atoms with E-state index in [9.17, 15) is 39.6 Å². The number of primary amides is 1. The second kappa shape index (κ2) is 10.0. The minimum Gasteiger partial charge on any atom is -0.510 e. The maximum atomic E-state index is 13.6. The number of hydrogen-bond acceptors (Lipinski definition) is 9. The Morgan fingerprint density at radius 2 is 1.89 bits per heavy atom. The highest BCUT2D eigenvalue weighted by Gasteiger charge is 2.63. The molecular weight excluding hydrogens is 642 g/mol. The first kappa shape index (κ1) is 29.1. The summed E-state index contributed by atoms with van der Waals surface area (Å²) >= 11 is 9.24. The first-order chi connectivity index (χ1) is 16.8. The number of nitrogens with two attached hydrogens (primary N) is 1. The van der Waals surface area contributed by atoms with E-state index in [-0.39, 0.29) is 57.0 Å². The number of phenolic OH excluding ortho intramolecular Hbond substituents is 1. The Balaban J connectivity index is 0.00000380. The Hall–Kier alpha value is -2.45. The molecule has 14 heteroatoms. The van der Waals surface area contributed by atoms with E-state index in [2.05, 4.69) is 21.2 Å². The summed E-state index contributed by atoms with van der Waals surface area (Å²) in [7, 11) is 3.10. The van der Waals surface area contributed by atoms with Gasteiger partial charge in [0.25, 0.3) is 5.91 Å². The van der Waals surface area contributed by atoms with Gasteiger partial charge in [-0.3, -0.25) is 24.1 Å². The van der Waals surface area contributed by atoms with Crippen molar-refractivity contribution >= 4 is 73.6 Å². The number of amides is 2. The smallest absolute Gasteiger partial charge is 0.255 e. The Labute approximate surface area is 234 Å². The summed E-state index contributed by atoms with van der Waals surface area (Å²) in [5, 5.41) is 46.7. The van der Waals surface area contributed by atoms with Gasteiger partial charge in [-0.15, -0.1) is 17.0 Å². The Kier molecular flexibility index (Phi) is 7.89. The molecule has 0 spiro atoms. The Morgan fingerprint density at radius 3 is 2.43 bits per heavy atom. The second-order valence-electron chi connectivity index (χ2n) is 9.26. The molecular formula is C23H24Br2ClN3O8. The van der Waals surface area contributed by atoms with Crippen LogP contribution in [-0.4, -0.2) is 79.8 Å². The van der Waals surface area contributed by atoms with Crippen molar-refractivity contribution in [2.75, 3.05) is 24.7 Å². The van der Waals surface area contributed by atoms with Crippen molar-refractivity contribution in [3.63, 3.8) is 0 Å². The van der Waals surface area contributed by atoms with Gasteiger partial charge in [0.2, 0.25) is 11.7 Å². The molecule has 3 unspecified atom stereocenters. The number of allylic oxidation sites excluding steroid dienone is 1. The molecule has 2 amide bonds. The van der Waals surface area contributed by atoms with Gasteiger partial charge in [0.15, 0.2) is 17.1 Å². The van der Waals surface area contributed by atoms with Gasteiger partial charge < -0.3 is 31.5 Å². The van der Waals surface area contributed by atoms with Crippen LogP contribution >= 0.6 is 44.5 Å². The molecule has 4 rings (SSSR count). The lowest BCUT2D eigenvalue weighted by atomic mass is 9.58. The number of fused-ring (bicyclic) bond motifs is 3. The average molecular weight is 666 g/mol. The zero-order valence-corrected chi connectivity index (χ0v) is 23.6. The number of carbonyl (C=O) groups excluding carboxylic acids is 4. The molecule has 1 aromatic rings. The number of benzene rings is 1. The summed E-state index contributed by atoms with van der Waals surface area (Å²) in [5.74, 6) is -8.09. The fraction of sp³-hybridized carbons (Fsp3) is 0.391. The molecule has 0 aliphatic heterocycles. The summed E-state index contributed by atoms with van der Waals surface area (Å²) < 4.78 is 0. The number of aromatic hydroxyl groups is 1. The highest BCUT2D eigenvalue weighted by atomic mass is 79.9. The van der Waals surface area contributed by atoms with E-state index in [1.165, 1.54) is 11.0 Å². The van der Waals surface area contributed by atoms with E-state index in [1.54, 1.807) is 14.1 Å². The molecule has 0 heterocycles. The largest absolute Gasteiger partial charge is 0.510 e. The maximum Gasteiger partial charge on any atom is 0.255 e. The zero-order chi connectivity index (χ0) is 26.9. The van der Waals surface area contributed by atoms with Gasteiger partial charge in [-0.2, -0.15) is 0 Å². The minimum atomic E-state index is -2.72. The monoisotopic (exact) mass is 663 g/mol. The summed E-state index contributed by atoms with van der Waals surface area (Å²) in [6, 6.07) is 0.347. The lowest BCUT2D eigenvalue weighted by Gasteiger charge is -2.50. The number of phenols is 1. The molecule has 37 heavy (non-hydrogen) atoms. The molecule has 0 bridgehead atoms. The molecule has 0 saturated carbocycles. The maximum absolute atomic E-state index is 13.6. The molecule has 0 aromatic heterocycles. The number of hydrogen-bond donors (Lipinski definition) is 6. The first-order valence-corrected chi connectivity index (χ1v) is 12.3. The van der Waals surface area contributed by atoms with Gasteiger partial charge in [-0.1, -0.05) is 27.5 Å². The fourth-order valence-corrected chi connectivity index (χ4v) is 5.97. The van der Waals surface area contributed by atoms with E-state index in [0.29, 0.717) is 5.56 Å². The third-order valence-electron chi connectivity index (χ3n) is 7.05. The van der Waals surface area contributed by atoms with Gasteiger partial charge in [0.05, 0.1) is 22.0 Å². The molecule has 0 saturated heterocycles. The Morgan fingerprint density at radius 1 is 1.27 bits per heavy atom. The first-order valence-electron chi connectivity index (χ1n) is 10.8.